The summed E-state index contributed by atoms with van der Waals surface area (Å²) in [5.74, 6) is 0. The van der Waals surface area contributed by atoms with E-state index < -0.39 is 0 Å². The van der Waals surface area contributed by atoms with Crippen molar-refractivity contribution in [3.05, 3.63) is 34.4 Å². The zero-order valence-corrected chi connectivity index (χ0v) is 9.56. The fraction of sp³-hybridized carbons (Fsp3) is 0.500. The van der Waals surface area contributed by atoms with E-state index >= 15 is 0 Å². The number of para-hydroxylation sites is 2. The monoisotopic (exact) mass is 220 g/mol. The van der Waals surface area contributed by atoms with Crippen LogP contribution in [0.3, 0.4) is 0 Å². The molecule has 1 aliphatic rings. The van der Waals surface area contributed by atoms with E-state index in [4.69, 9.17) is 0 Å². The van der Waals surface area contributed by atoms with E-state index in [1.54, 1.807) is 12.1 Å². The summed E-state index contributed by atoms with van der Waals surface area (Å²) in [5, 5.41) is 14.1. The van der Waals surface area contributed by atoms with Gasteiger partial charge >= 0.3 is 0 Å². The fourth-order valence-electron chi connectivity index (χ4n) is 1.79. The molecular weight excluding hydrogens is 204 g/mol. The van der Waals surface area contributed by atoms with Crippen LogP contribution in [-0.4, -0.2) is 11.0 Å². The number of nitro benzene ring substituents is 1. The summed E-state index contributed by atoms with van der Waals surface area (Å²) in [6, 6.07) is 7.07. The van der Waals surface area contributed by atoms with Crippen LogP contribution in [0.2, 0.25) is 0 Å². The van der Waals surface area contributed by atoms with Gasteiger partial charge in [0.05, 0.1) is 4.92 Å². The summed E-state index contributed by atoms with van der Waals surface area (Å²) in [6.45, 7) is 4.29. The molecule has 1 aromatic rings. The molecule has 0 aliphatic heterocycles. The van der Waals surface area contributed by atoms with Crippen molar-refractivity contribution in [1.82, 2.24) is 0 Å². The van der Waals surface area contributed by atoms with Gasteiger partial charge < -0.3 is 5.32 Å². The predicted octanol–water partition coefficient (Wildman–Crippen LogP) is 3.20. The molecule has 0 bridgehead atoms. The van der Waals surface area contributed by atoms with E-state index in [0.717, 1.165) is 0 Å². The van der Waals surface area contributed by atoms with E-state index in [-0.39, 0.29) is 16.7 Å². The first-order valence-corrected chi connectivity index (χ1v) is 5.53. The summed E-state index contributed by atoms with van der Waals surface area (Å²) in [6.07, 6.45) is 2.39. The number of nitrogens with one attached hydrogen (secondary N) is 1. The van der Waals surface area contributed by atoms with E-state index in [1.165, 1.54) is 18.9 Å². The molecule has 4 heteroatoms. The minimum atomic E-state index is -0.343. The van der Waals surface area contributed by atoms with Gasteiger partial charge in [0.25, 0.3) is 5.69 Å². The van der Waals surface area contributed by atoms with Crippen LogP contribution in [0.1, 0.15) is 26.7 Å². The summed E-state index contributed by atoms with van der Waals surface area (Å²) in [5.41, 5.74) is 1.08. The molecule has 0 aromatic heterocycles. The van der Waals surface area contributed by atoms with E-state index in [0.29, 0.717) is 11.1 Å². The molecule has 0 amide bonds. The third-order valence-electron chi connectivity index (χ3n) is 3.56. The Kier molecular flexibility index (Phi) is 2.58. The van der Waals surface area contributed by atoms with Crippen LogP contribution in [0.5, 0.6) is 0 Å². The average Bonchev–Trinajstić information content (AvgIpc) is 2.98. The highest BCUT2D eigenvalue weighted by Gasteiger charge is 2.42. The van der Waals surface area contributed by atoms with Crippen LogP contribution in [0.15, 0.2) is 24.3 Å². The zero-order valence-electron chi connectivity index (χ0n) is 9.56. The number of hydrogen-bond donors (Lipinski definition) is 1. The summed E-state index contributed by atoms with van der Waals surface area (Å²) >= 11 is 0. The Labute approximate surface area is 94.8 Å². The highest BCUT2D eigenvalue weighted by Crippen LogP contribution is 2.49. The Bertz CT molecular complexity index is 413. The molecule has 1 unspecified atom stereocenters. The molecule has 1 fully saturated rings. The maximum Gasteiger partial charge on any atom is 0.292 e. The molecule has 0 saturated heterocycles. The van der Waals surface area contributed by atoms with Crippen molar-refractivity contribution in [2.24, 2.45) is 5.41 Å². The van der Waals surface area contributed by atoms with Gasteiger partial charge in [-0.3, -0.25) is 10.1 Å². The lowest BCUT2D eigenvalue weighted by atomic mass is 10.0. The SMILES string of the molecule is CC(Nc1ccccc1[N+](=O)[O-])C1(C)CC1. The molecule has 0 radical (unpaired) electrons. The van der Waals surface area contributed by atoms with Crippen molar-refractivity contribution in [2.45, 2.75) is 32.7 Å². The lowest BCUT2D eigenvalue weighted by Gasteiger charge is -2.21. The van der Waals surface area contributed by atoms with Gasteiger partial charge in [0.1, 0.15) is 5.69 Å². The highest BCUT2D eigenvalue weighted by molar-refractivity contribution is 5.61. The minimum absolute atomic E-state index is 0.151. The second-order valence-corrected chi connectivity index (χ2v) is 4.79. The number of rotatable bonds is 4. The standard InChI is InChI=1S/C12H16N2O2/c1-9(12(2)7-8-12)13-10-5-3-4-6-11(10)14(15)16/h3-6,9,13H,7-8H2,1-2H3. The molecule has 1 aromatic carbocycles. The van der Waals surface area contributed by atoms with E-state index in [2.05, 4.69) is 19.2 Å². The van der Waals surface area contributed by atoms with Gasteiger partial charge in [0, 0.05) is 12.1 Å². The lowest BCUT2D eigenvalue weighted by Crippen LogP contribution is -2.25. The Balaban J connectivity index is 2.17. The molecule has 0 heterocycles. The van der Waals surface area contributed by atoms with Crippen molar-refractivity contribution in [1.29, 1.82) is 0 Å². The summed E-state index contributed by atoms with van der Waals surface area (Å²) in [4.78, 5) is 10.5. The molecule has 86 valence electrons. The van der Waals surface area contributed by atoms with Gasteiger partial charge in [-0.2, -0.15) is 0 Å². The number of nitro groups is 1. The smallest absolute Gasteiger partial charge is 0.292 e. The first kappa shape index (κ1) is 10.9. The zero-order chi connectivity index (χ0) is 11.8. The van der Waals surface area contributed by atoms with Crippen LogP contribution in [0, 0.1) is 15.5 Å². The topological polar surface area (TPSA) is 55.2 Å². The van der Waals surface area contributed by atoms with Crippen LogP contribution in [0.25, 0.3) is 0 Å². The Morgan fingerprint density at radius 2 is 2.06 bits per heavy atom. The first-order chi connectivity index (χ1) is 7.53. The Hall–Kier alpha value is -1.58. The van der Waals surface area contributed by atoms with Crippen LogP contribution >= 0.6 is 0 Å². The number of anilines is 1. The van der Waals surface area contributed by atoms with Gasteiger partial charge in [-0.1, -0.05) is 19.1 Å². The third-order valence-corrected chi connectivity index (χ3v) is 3.56. The van der Waals surface area contributed by atoms with Gasteiger partial charge in [0.2, 0.25) is 0 Å². The van der Waals surface area contributed by atoms with Gasteiger partial charge in [0.15, 0.2) is 0 Å². The molecule has 1 N–H and O–H groups in total. The van der Waals surface area contributed by atoms with Gasteiger partial charge in [-0.05, 0) is 31.2 Å². The largest absolute Gasteiger partial charge is 0.376 e. The molecule has 2 rings (SSSR count). The molecule has 4 nitrogen and oxygen atoms in total. The Morgan fingerprint density at radius 1 is 1.44 bits per heavy atom. The quantitative estimate of drug-likeness (QED) is 0.626. The molecular formula is C12H16N2O2. The van der Waals surface area contributed by atoms with Crippen LogP contribution < -0.4 is 5.32 Å². The number of hydrogen-bond acceptors (Lipinski definition) is 3. The lowest BCUT2D eigenvalue weighted by molar-refractivity contribution is -0.384. The van der Waals surface area contributed by atoms with Gasteiger partial charge in [-0.25, -0.2) is 0 Å². The maximum atomic E-state index is 10.8. The average molecular weight is 220 g/mol. The van der Waals surface area contributed by atoms with Crippen LogP contribution in [0.4, 0.5) is 11.4 Å². The number of nitrogens with zero attached hydrogens (tertiary/aromatic N) is 1. The summed E-state index contributed by atoms with van der Waals surface area (Å²) in [7, 11) is 0. The second-order valence-electron chi connectivity index (χ2n) is 4.79. The first-order valence-electron chi connectivity index (χ1n) is 5.53. The molecule has 1 saturated carbocycles. The second kappa shape index (κ2) is 3.77. The van der Waals surface area contributed by atoms with Gasteiger partial charge in [-0.15, -0.1) is 0 Å². The molecule has 1 atom stereocenters. The van der Waals surface area contributed by atoms with Crippen molar-refractivity contribution in [2.75, 3.05) is 5.32 Å². The molecule has 16 heavy (non-hydrogen) atoms. The molecule has 1 aliphatic carbocycles. The van der Waals surface area contributed by atoms with E-state index in [9.17, 15) is 10.1 Å². The minimum Gasteiger partial charge on any atom is -0.376 e. The maximum absolute atomic E-state index is 10.8. The third kappa shape index (κ3) is 2.01. The van der Waals surface area contributed by atoms with Crippen molar-refractivity contribution in [3.8, 4) is 0 Å². The fourth-order valence-corrected chi connectivity index (χ4v) is 1.79. The predicted molar refractivity (Wildman–Crippen MR) is 63.5 cm³/mol. The summed E-state index contributed by atoms with van der Waals surface area (Å²) < 4.78 is 0. The Morgan fingerprint density at radius 3 is 2.62 bits per heavy atom. The van der Waals surface area contributed by atoms with Crippen molar-refractivity contribution in [3.63, 3.8) is 0 Å². The molecule has 0 spiro atoms. The van der Waals surface area contributed by atoms with E-state index in [1.807, 2.05) is 6.07 Å². The normalized spacial score (nSPS) is 18.9. The van der Waals surface area contributed by atoms with Crippen molar-refractivity contribution < 1.29 is 4.92 Å². The highest BCUT2D eigenvalue weighted by atomic mass is 16.6. The number of benzene rings is 1. The van der Waals surface area contributed by atoms with Crippen LogP contribution in [-0.2, 0) is 0 Å². The van der Waals surface area contributed by atoms with Crippen molar-refractivity contribution >= 4 is 11.4 Å².